The Labute approximate surface area is 102 Å². The van der Waals surface area contributed by atoms with E-state index in [1.807, 2.05) is 31.3 Å². The molecule has 0 radical (unpaired) electrons. The molecule has 1 heterocycles. The Morgan fingerprint density at radius 3 is 2.94 bits per heavy atom. The molecule has 16 heavy (non-hydrogen) atoms. The number of aliphatic hydroxyl groups excluding tert-OH is 1. The number of aliphatic hydroxyl groups is 1. The van der Waals surface area contributed by atoms with Crippen molar-refractivity contribution in [1.29, 1.82) is 0 Å². The van der Waals surface area contributed by atoms with Crippen LogP contribution < -0.4 is 0 Å². The second-order valence-electron chi connectivity index (χ2n) is 3.56. The zero-order valence-corrected chi connectivity index (χ0v) is 10.5. The molecular weight excluding hydrogens is 270 g/mol. The van der Waals surface area contributed by atoms with Crippen molar-refractivity contribution < 1.29 is 5.11 Å². The minimum absolute atomic E-state index is 0.0953. The molecule has 1 aromatic carbocycles. The lowest BCUT2D eigenvalue weighted by Gasteiger charge is -2.04. The van der Waals surface area contributed by atoms with Gasteiger partial charge < -0.3 is 5.11 Å². The number of halogens is 1. The minimum Gasteiger partial charge on any atom is -0.396 e. The van der Waals surface area contributed by atoms with Gasteiger partial charge in [-0.2, -0.15) is 0 Å². The molecule has 0 amide bonds. The van der Waals surface area contributed by atoms with Gasteiger partial charge in [-0.1, -0.05) is 21.1 Å². The first-order chi connectivity index (χ1) is 7.70. The van der Waals surface area contributed by atoms with E-state index in [-0.39, 0.29) is 6.61 Å². The molecule has 0 aliphatic carbocycles. The second kappa shape index (κ2) is 4.76. The number of nitrogens with zero attached hydrogens (tertiary/aromatic N) is 3. The summed E-state index contributed by atoms with van der Waals surface area (Å²) in [7, 11) is 0. The highest BCUT2D eigenvalue weighted by Crippen LogP contribution is 2.18. The summed E-state index contributed by atoms with van der Waals surface area (Å²) in [5.41, 5.74) is 2.92. The fraction of sp³-hybridized carbons (Fsp3) is 0.273. The summed E-state index contributed by atoms with van der Waals surface area (Å²) in [6.07, 6.45) is 2.38. The highest BCUT2D eigenvalue weighted by molar-refractivity contribution is 9.10. The third-order valence-electron chi connectivity index (χ3n) is 2.31. The van der Waals surface area contributed by atoms with Gasteiger partial charge in [0.25, 0.3) is 0 Å². The standard InChI is InChI=1S/C11H12BrN3O/c1-8-6-9(12)2-3-11(8)15-7-10(4-5-16)13-14-15/h2-3,6-7,16H,4-5H2,1H3. The van der Waals surface area contributed by atoms with Crippen molar-refractivity contribution in [3.05, 3.63) is 40.1 Å². The summed E-state index contributed by atoms with van der Waals surface area (Å²) in [5, 5.41) is 16.8. The Balaban J connectivity index is 2.35. The van der Waals surface area contributed by atoms with Crippen LogP contribution in [0.25, 0.3) is 5.69 Å². The predicted octanol–water partition coefficient (Wildman–Crippen LogP) is 1.87. The summed E-state index contributed by atoms with van der Waals surface area (Å²) in [4.78, 5) is 0. The van der Waals surface area contributed by atoms with E-state index in [1.165, 1.54) is 0 Å². The number of aromatic nitrogens is 3. The van der Waals surface area contributed by atoms with Crippen LogP contribution in [0.2, 0.25) is 0 Å². The highest BCUT2D eigenvalue weighted by atomic mass is 79.9. The van der Waals surface area contributed by atoms with Crippen LogP contribution in [0.3, 0.4) is 0 Å². The van der Waals surface area contributed by atoms with Crippen LogP contribution in [-0.4, -0.2) is 26.7 Å². The summed E-state index contributed by atoms with van der Waals surface area (Å²) >= 11 is 3.42. The molecule has 2 rings (SSSR count). The number of hydrogen-bond acceptors (Lipinski definition) is 3. The molecule has 0 aliphatic rings. The molecule has 0 unspecified atom stereocenters. The zero-order chi connectivity index (χ0) is 11.5. The van der Waals surface area contributed by atoms with Crippen LogP contribution in [0, 0.1) is 6.92 Å². The molecule has 0 saturated heterocycles. The van der Waals surface area contributed by atoms with E-state index in [2.05, 4.69) is 26.2 Å². The molecule has 0 fully saturated rings. The Morgan fingerprint density at radius 1 is 1.44 bits per heavy atom. The van der Waals surface area contributed by atoms with Gasteiger partial charge in [0.1, 0.15) is 0 Å². The number of benzene rings is 1. The fourth-order valence-corrected chi connectivity index (χ4v) is 2.00. The van der Waals surface area contributed by atoms with E-state index in [0.717, 1.165) is 21.4 Å². The van der Waals surface area contributed by atoms with Crippen LogP contribution in [0.5, 0.6) is 0 Å². The van der Waals surface area contributed by atoms with Crippen molar-refractivity contribution in [2.24, 2.45) is 0 Å². The number of hydrogen-bond donors (Lipinski definition) is 1. The molecular formula is C11H12BrN3O. The Kier molecular flexibility index (Phi) is 3.36. The van der Waals surface area contributed by atoms with Gasteiger partial charge in [-0.3, -0.25) is 0 Å². The van der Waals surface area contributed by atoms with Gasteiger partial charge in [-0.15, -0.1) is 5.10 Å². The van der Waals surface area contributed by atoms with Gasteiger partial charge in [0.2, 0.25) is 0 Å². The Hall–Kier alpha value is -1.20. The van der Waals surface area contributed by atoms with E-state index in [1.54, 1.807) is 4.68 Å². The highest BCUT2D eigenvalue weighted by Gasteiger charge is 2.05. The van der Waals surface area contributed by atoms with E-state index in [4.69, 9.17) is 5.11 Å². The van der Waals surface area contributed by atoms with Crippen molar-refractivity contribution in [3.8, 4) is 5.69 Å². The van der Waals surface area contributed by atoms with Crippen molar-refractivity contribution in [2.45, 2.75) is 13.3 Å². The van der Waals surface area contributed by atoms with Gasteiger partial charge in [-0.05, 0) is 30.7 Å². The van der Waals surface area contributed by atoms with Gasteiger partial charge in [-0.25, -0.2) is 4.68 Å². The van der Waals surface area contributed by atoms with E-state index < -0.39 is 0 Å². The molecule has 1 aromatic heterocycles. The molecule has 5 heteroatoms. The SMILES string of the molecule is Cc1cc(Br)ccc1-n1cc(CCO)nn1. The molecule has 4 nitrogen and oxygen atoms in total. The summed E-state index contributed by atoms with van der Waals surface area (Å²) in [5.74, 6) is 0. The first-order valence-corrected chi connectivity index (χ1v) is 5.78. The molecule has 0 aliphatic heterocycles. The third-order valence-corrected chi connectivity index (χ3v) is 2.81. The van der Waals surface area contributed by atoms with E-state index in [9.17, 15) is 0 Å². The molecule has 0 spiro atoms. The van der Waals surface area contributed by atoms with E-state index >= 15 is 0 Å². The topological polar surface area (TPSA) is 50.9 Å². The van der Waals surface area contributed by atoms with Crippen molar-refractivity contribution in [1.82, 2.24) is 15.0 Å². The normalized spacial score (nSPS) is 10.7. The minimum atomic E-state index is 0.0953. The second-order valence-corrected chi connectivity index (χ2v) is 4.47. The lowest BCUT2D eigenvalue weighted by Crippen LogP contribution is -1.97. The average molecular weight is 282 g/mol. The summed E-state index contributed by atoms with van der Waals surface area (Å²) < 4.78 is 2.77. The van der Waals surface area contributed by atoms with Crippen molar-refractivity contribution >= 4 is 15.9 Å². The van der Waals surface area contributed by atoms with Crippen molar-refractivity contribution in [2.75, 3.05) is 6.61 Å². The first kappa shape index (κ1) is 11.3. The summed E-state index contributed by atoms with van der Waals surface area (Å²) in [6.45, 7) is 2.12. The van der Waals surface area contributed by atoms with E-state index in [0.29, 0.717) is 6.42 Å². The Morgan fingerprint density at radius 2 is 2.25 bits per heavy atom. The van der Waals surface area contributed by atoms with Crippen LogP contribution >= 0.6 is 15.9 Å². The maximum atomic E-state index is 8.81. The van der Waals surface area contributed by atoms with Crippen LogP contribution in [-0.2, 0) is 6.42 Å². The maximum absolute atomic E-state index is 8.81. The quantitative estimate of drug-likeness (QED) is 0.935. The molecule has 2 aromatic rings. The van der Waals surface area contributed by atoms with Gasteiger partial charge in [0.15, 0.2) is 0 Å². The average Bonchev–Trinajstić information content (AvgIpc) is 2.67. The smallest absolute Gasteiger partial charge is 0.0854 e. The molecule has 84 valence electrons. The van der Waals surface area contributed by atoms with Crippen LogP contribution in [0.15, 0.2) is 28.9 Å². The monoisotopic (exact) mass is 281 g/mol. The van der Waals surface area contributed by atoms with Crippen LogP contribution in [0.1, 0.15) is 11.3 Å². The lowest BCUT2D eigenvalue weighted by atomic mass is 10.2. The van der Waals surface area contributed by atoms with Crippen LogP contribution in [0.4, 0.5) is 0 Å². The molecule has 0 saturated carbocycles. The number of aryl methyl sites for hydroxylation is 1. The largest absolute Gasteiger partial charge is 0.396 e. The predicted molar refractivity (Wildman–Crippen MR) is 64.6 cm³/mol. The van der Waals surface area contributed by atoms with Gasteiger partial charge in [0.05, 0.1) is 17.6 Å². The fourth-order valence-electron chi connectivity index (χ4n) is 1.52. The zero-order valence-electron chi connectivity index (χ0n) is 8.89. The Bertz CT molecular complexity index is 496. The lowest BCUT2D eigenvalue weighted by molar-refractivity contribution is 0.298. The summed E-state index contributed by atoms with van der Waals surface area (Å²) in [6, 6.07) is 5.98. The third kappa shape index (κ3) is 2.31. The number of rotatable bonds is 3. The maximum Gasteiger partial charge on any atom is 0.0854 e. The van der Waals surface area contributed by atoms with Crippen molar-refractivity contribution in [3.63, 3.8) is 0 Å². The van der Waals surface area contributed by atoms with Gasteiger partial charge >= 0.3 is 0 Å². The van der Waals surface area contributed by atoms with Gasteiger partial charge in [0, 0.05) is 17.5 Å². The molecule has 0 bridgehead atoms. The molecule has 1 N–H and O–H groups in total. The molecule has 0 atom stereocenters. The first-order valence-electron chi connectivity index (χ1n) is 4.99.